The molecule has 2 N–H and O–H groups in total. The Kier molecular flexibility index (Phi) is 8.12. The molecule has 6 nitrogen and oxygen atoms in total. The third-order valence-corrected chi connectivity index (χ3v) is 4.37. The number of likely N-dealkylation sites (tertiary alicyclic amines) is 1. The largest absolute Gasteiger partial charge is 0.356 e. The van der Waals surface area contributed by atoms with E-state index in [1.807, 2.05) is 0 Å². The van der Waals surface area contributed by atoms with Gasteiger partial charge in [-0.2, -0.15) is 0 Å². The van der Waals surface area contributed by atoms with Gasteiger partial charge in [-0.05, 0) is 25.3 Å². The Labute approximate surface area is 156 Å². The molecule has 0 unspecified atom stereocenters. The maximum atomic E-state index is 11.9. The fraction of sp³-hybridized carbons (Fsp3) is 0.550. The van der Waals surface area contributed by atoms with E-state index in [2.05, 4.69) is 53.7 Å². The minimum absolute atomic E-state index is 0.0693. The first kappa shape index (κ1) is 19.9. The van der Waals surface area contributed by atoms with Gasteiger partial charge in [-0.3, -0.25) is 14.5 Å². The molecule has 1 fully saturated rings. The highest BCUT2D eigenvalue weighted by atomic mass is 16.2. The maximum Gasteiger partial charge on any atom is 0.229 e. The van der Waals surface area contributed by atoms with Crippen LogP contribution < -0.4 is 10.6 Å². The van der Waals surface area contributed by atoms with E-state index >= 15 is 0 Å². The van der Waals surface area contributed by atoms with Crippen LogP contribution in [0.5, 0.6) is 0 Å². The smallest absolute Gasteiger partial charge is 0.229 e. The van der Waals surface area contributed by atoms with E-state index < -0.39 is 0 Å². The number of aryl methyl sites for hydroxylation is 1. The number of unbranched alkanes of at least 4 members (excludes halogenated alkanes) is 1. The van der Waals surface area contributed by atoms with Gasteiger partial charge >= 0.3 is 0 Å². The molecule has 0 atom stereocenters. The van der Waals surface area contributed by atoms with Crippen LogP contribution in [0.25, 0.3) is 0 Å². The Hall–Kier alpha value is -2.37. The molecule has 0 spiro atoms. The van der Waals surface area contributed by atoms with Crippen LogP contribution in [-0.4, -0.2) is 42.3 Å². The summed E-state index contributed by atoms with van der Waals surface area (Å²) in [5.41, 5.74) is 2.38. The Morgan fingerprint density at radius 3 is 2.38 bits per heavy atom. The van der Waals surface area contributed by atoms with Gasteiger partial charge in [0.15, 0.2) is 5.96 Å². The molecular weight excluding hydrogens is 328 g/mol. The molecule has 26 heavy (non-hydrogen) atoms. The lowest BCUT2D eigenvalue weighted by molar-refractivity contribution is -0.147. The van der Waals surface area contributed by atoms with Crippen LogP contribution >= 0.6 is 0 Å². The van der Waals surface area contributed by atoms with Crippen molar-refractivity contribution in [1.82, 2.24) is 15.5 Å². The first-order valence-electron chi connectivity index (χ1n) is 9.51. The molecule has 0 aliphatic carbocycles. The number of rotatable bonds is 8. The van der Waals surface area contributed by atoms with Gasteiger partial charge in [0, 0.05) is 32.5 Å². The SMILES string of the molecule is CCCCNC(=NCc1ccc(C)cc1)NCCN1C(=O)CCCC1=O. The molecule has 2 rings (SSSR count). The van der Waals surface area contributed by atoms with E-state index in [1.165, 1.54) is 10.5 Å². The van der Waals surface area contributed by atoms with E-state index in [0.717, 1.165) is 30.9 Å². The summed E-state index contributed by atoms with van der Waals surface area (Å²) in [7, 11) is 0. The number of aliphatic imine (C=N–C) groups is 1. The second kappa shape index (κ2) is 10.6. The Morgan fingerprint density at radius 1 is 1.08 bits per heavy atom. The fourth-order valence-electron chi connectivity index (χ4n) is 2.76. The van der Waals surface area contributed by atoms with Crippen LogP contribution in [0.1, 0.15) is 50.2 Å². The third kappa shape index (κ3) is 6.50. The van der Waals surface area contributed by atoms with Gasteiger partial charge < -0.3 is 10.6 Å². The molecule has 1 saturated heterocycles. The van der Waals surface area contributed by atoms with Gasteiger partial charge in [0.1, 0.15) is 0 Å². The molecule has 1 aliphatic heterocycles. The Morgan fingerprint density at radius 2 is 1.73 bits per heavy atom. The van der Waals surface area contributed by atoms with Crippen molar-refractivity contribution < 1.29 is 9.59 Å². The highest BCUT2D eigenvalue weighted by Gasteiger charge is 2.25. The summed E-state index contributed by atoms with van der Waals surface area (Å²) in [4.78, 5) is 29.7. The number of imide groups is 1. The highest BCUT2D eigenvalue weighted by Crippen LogP contribution is 2.11. The number of carbonyl (C=O) groups is 2. The predicted octanol–water partition coefficient (Wildman–Crippen LogP) is 2.37. The number of hydrogen-bond acceptors (Lipinski definition) is 3. The summed E-state index contributed by atoms with van der Waals surface area (Å²) in [6.07, 6.45) is 3.77. The molecule has 0 aromatic heterocycles. The van der Waals surface area contributed by atoms with Crippen LogP contribution in [0.2, 0.25) is 0 Å². The van der Waals surface area contributed by atoms with E-state index in [-0.39, 0.29) is 11.8 Å². The number of guanidine groups is 1. The molecule has 1 aromatic rings. The lowest BCUT2D eigenvalue weighted by atomic mass is 10.1. The molecule has 2 amide bonds. The number of hydrogen-bond donors (Lipinski definition) is 2. The summed E-state index contributed by atoms with van der Waals surface area (Å²) in [6, 6.07) is 8.31. The number of nitrogens with one attached hydrogen (secondary N) is 2. The second-order valence-electron chi connectivity index (χ2n) is 6.65. The normalized spacial score (nSPS) is 15.3. The molecule has 0 radical (unpaired) electrons. The Balaban J connectivity index is 1.88. The van der Waals surface area contributed by atoms with E-state index in [4.69, 9.17) is 0 Å². The third-order valence-electron chi connectivity index (χ3n) is 4.37. The van der Waals surface area contributed by atoms with Crippen LogP contribution in [0, 0.1) is 6.92 Å². The average molecular weight is 358 g/mol. The summed E-state index contributed by atoms with van der Waals surface area (Å²) in [5.74, 6) is 0.580. The lowest BCUT2D eigenvalue weighted by Crippen LogP contribution is -2.46. The average Bonchev–Trinajstić information content (AvgIpc) is 2.63. The summed E-state index contributed by atoms with van der Waals surface area (Å²) in [5, 5.41) is 6.55. The van der Waals surface area contributed by atoms with Crippen molar-refractivity contribution in [3.8, 4) is 0 Å². The molecule has 142 valence electrons. The summed E-state index contributed by atoms with van der Waals surface area (Å²) >= 11 is 0. The highest BCUT2D eigenvalue weighted by molar-refractivity contribution is 5.97. The van der Waals surface area contributed by atoms with Crippen molar-refractivity contribution in [2.75, 3.05) is 19.6 Å². The number of carbonyl (C=O) groups excluding carboxylic acids is 2. The van der Waals surface area contributed by atoms with E-state index in [1.54, 1.807) is 0 Å². The molecule has 6 heteroatoms. The quantitative estimate of drug-likeness (QED) is 0.324. The number of benzene rings is 1. The predicted molar refractivity (Wildman–Crippen MR) is 104 cm³/mol. The molecule has 1 aromatic carbocycles. The monoisotopic (exact) mass is 358 g/mol. The van der Waals surface area contributed by atoms with Gasteiger partial charge in [-0.15, -0.1) is 0 Å². The number of nitrogens with zero attached hydrogens (tertiary/aromatic N) is 2. The van der Waals surface area contributed by atoms with Gasteiger partial charge in [0.25, 0.3) is 0 Å². The van der Waals surface area contributed by atoms with Crippen molar-refractivity contribution >= 4 is 17.8 Å². The molecular formula is C20H30N4O2. The molecule has 1 aliphatic rings. The van der Waals surface area contributed by atoms with Crippen LogP contribution in [0.4, 0.5) is 0 Å². The van der Waals surface area contributed by atoms with E-state index in [0.29, 0.717) is 38.9 Å². The topological polar surface area (TPSA) is 73.8 Å². The first-order chi connectivity index (χ1) is 12.6. The van der Waals surface area contributed by atoms with Gasteiger partial charge in [0.05, 0.1) is 6.54 Å². The lowest BCUT2D eigenvalue weighted by Gasteiger charge is -2.25. The van der Waals surface area contributed by atoms with Gasteiger partial charge in [-0.25, -0.2) is 4.99 Å². The van der Waals surface area contributed by atoms with Crippen LogP contribution in [0.15, 0.2) is 29.3 Å². The summed E-state index contributed by atoms with van der Waals surface area (Å²) in [6.45, 7) is 6.53. The Bertz CT molecular complexity index is 609. The standard InChI is InChI=1S/C20H30N4O2/c1-3-4-12-21-20(23-15-17-10-8-16(2)9-11-17)22-13-14-24-18(25)6-5-7-19(24)26/h8-11H,3-7,12-15H2,1-2H3,(H2,21,22,23). The van der Waals surface area contributed by atoms with E-state index in [9.17, 15) is 9.59 Å². The fourth-order valence-corrected chi connectivity index (χ4v) is 2.76. The van der Waals surface area contributed by atoms with Gasteiger partial charge in [-0.1, -0.05) is 43.2 Å². The van der Waals surface area contributed by atoms with Crippen molar-refractivity contribution in [3.63, 3.8) is 0 Å². The summed E-state index contributed by atoms with van der Waals surface area (Å²) < 4.78 is 0. The zero-order chi connectivity index (χ0) is 18.8. The molecule has 1 heterocycles. The minimum Gasteiger partial charge on any atom is -0.356 e. The molecule has 0 saturated carbocycles. The van der Waals surface area contributed by atoms with Crippen LogP contribution in [-0.2, 0) is 16.1 Å². The number of amides is 2. The molecule has 0 bridgehead atoms. The second-order valence-corrected chi connectivity index (χ2v) is 6.65. The van der Waals surface area contributed by atoms with Crippen LogP contribution in [0.3, 0.4) is 0 Å². The zero-order valence-electron chi connectivity index (χ0n) is 15.9. The minimum atomic E-state index is -0.0693. The van der Waals surface area contributed by atoms with Crippen molar-refractivity contribution in [1.29, 1.82) is 0 Å². The zero-order valence-corrected chi connectivity index (χ0v) is 15.9. The van der Waals surface area contributed by atoms with Crippen molar-refractivity contribution in [2.45, 2.75) is 52.5 Å². The number of piperidine rings is 1. The maximum absolute atomic E-state index is 11.9. The van der Waals surface area contributed by atoms with Crippen molar-refractivity contribution in [3.05, 3.63) is 35.4 Å². The first-order valence-corrected chi connectivity index (χ1v) is 9.51. The van der Waals surface area contributed by atoms with Gasteiger partial charge in [0.2, 0.25) is 11.8 Å². The van der Waals surface area contributed by atoms with Crippen molar-refractivity contribution in [2.24, 2.45) is 4.99 Å².